The molecule has 114 valence electrons. The van der Waals surface area contributed by atoms with Crippen LogP contribution in [0.2, 0.25) is 0 Å². The third-order valence-corrected chi connectivity index (χ3v) is 3.71. The van der Waals surface area contributed by atoms with Gasteiger partial charge >= 0.3 is 5.97 Å². The molecule has 0 aromatic heterocycles. The number of unbranched alkanes of at least 4 members (excludes halogenated alkanes) is 12. The molecule has 0 rings (SSSR count). The lowest BCUT2D eigenvalue weighted by atomic mass is 11.0. The van der Waals surface area contributed by atoms with Gasteiger partial charge in [-0.15, -0.1) is 0 Å². The van der Waals surface area contributed by atoms with Crippen LogP contribution in [0.25, 0.3) is 0 Å². The fourth-order valence-electron chi connectivity index (χ4n) is 2.39. The minimum Gasteiger partial charge on any atom is -0.469 e. The molecule has 0 fully saturated rings. The van der Waals surface area contributed by atoms with E-state index in [1.165, 1.54) is 84.2 Å². The first-order valence-electron chi connectivity index (χ1n) is 8.38. The highest BCUT2D eigenvalue weighted by molar-refractivity contribution is 5.68. The van der Waals surface area contributed by atoms with Gasteiger partial charge in [-0.1, -0.05) is 84.0 Å². The van der Waals surface area contributed by atoms with Crippen LogP contribution in [-0.2, 0) is 9.53 Å². The van der Waals surface area contributed by atoms with E-state index in [2.05, 4.69) is 11.7 Å². The Kier molecular flexibility index (Phi) is 15.1. The summed E-state index contributed by atoms with van der Waals surface area (Å²) < 4.78 is 4.62. The molecule has 2 nitrogen and oxygen atoms in total. The SMILES string of the molecule is C[13CH2][13CH2][13CH2][13CH2][13CH2][13CH2][13CH2][13CH2][13CH2][13CH2][13CH2][13CH2][13CH2][13CH2][13C](=O)O[13CH3]. The average molecular weight is 286 g/mol. The Morgan fingerprint density at radius 3 is 1.42 bits per heavy atom. The molecule has 19 heavy (non-hydrogen) atoms. The smallest absolute Gasteiger partial charge is 0.305 e. The average Bonchev–Trinajstić information content (AvgIpc) is 2.43. The number of ether oxygens (including phenoxy) is 1. The Morgan fingerprint density at radius 2 is 1.05 bits per heavy atom. The fourth-order valence-corrected chi connectivity index (χ4v) is 2.39. The molecule has 0 saturated heterocycles. The van der Waals surface area contributed by atoms with E-state index in [1.807, 2.05) is 0 Å². The zero-order valence-corrected chi connectivity index (χ0v) is 13.2. The second kappa shape index (κ2) is 15.5. The van der Waals surface area contributed by atoms with Gasteiger partial charge in [0.1, 0.15) is 0 Å². The van der Waals surface area contributed by atoms with Crippen molar-refractivity contribution in [1.82, 2.24) is 0 Å². The van der Waals surface area contributed by atoms with Crippen LogP contribution in [-0.4, -0.2) is 13.1 Å². The van der Waals surface area contributed by atoms with E-state index in [-0.39, 0.29) is 5.97 Å². The number of esters is 1. The fraction of sp³-hybridized carbons (Fsp3) is 0.941. The Bertz CT molecular complexity index is 190. The quantitative estimate of drug-likeness (QED) is 0.234. The van der Waals surface area contributed by atoms with Crippen molar-refractivity contribution in [2.75, 3.05) is 7.11 Å². The van der Waals surface area contributed by atoms with E-state index < -0.39 is 0 Å². The first-order chi connectivity index (χ1) is 9.31. The van der Waals surface area contributed by atoms with Gasteiger partial charge in [-0.25, -0.2) is 0 Å². The van der Waals surface area contributed by atoms with Crippen molar-refractivity contribution in [1.29, 1.82) is 0 Å². The summed E-state index contributed by atoms with van der Waals surface area (Å²) in [6, 6.07) is 0. The van der Waals surface area contributed by atoms with Gasteiger partial charge in [0.2, 0.25) is 0 Å². The topological polar surface area (TPSA) is 26.3 Å². The summed E-state index contributed by atoms with van der Waals surface area (Å²) in [6.07, 6.45) is 18.0. The van der Waals surface area contributed by atoms with Gasteiger partial charge in [0.15, 0.2) is 0 Å². The lowest BCUT2D eigenvalue weighted by Crippen LogP contribution is -1.99. The maximum absolute atomic E-state index is 10.9. The number of hydrogen-bond acceptors (Lipinski definition) is 2. The molecule has 0 aliphatic heterocycles. The van der Waals surface area contributed by atoms with Gasteiger partial charge in [0.05, 0.1) is 7.11 Å². The molecule has 0 radical (unpaired) electrons. The monoisotopic (exact) mass is 286 g/mol. The Balaban J connectivity index is 2.97. The molecule has 0 saturated carbocycles. The molecule has 0 N–H and O–H groups in total. The standard InChI is InChI=1S/C17H34O2/c1-3-4-5-6-7-8-9-10-11-12-13-14-15-16-17(18)19-2/h3-16H2,1-2H3/i2+1,3+1,4+1,5+1,6+1,7+1,8+1,9+1,10+1,11+1,12+1,13+1,14+1,15+1,16+1,17+1. The van der Waals surface area contributed by atoms with Crippen LogP contribution in [0.1, 0.15) is 96.8 Å². The molecule has 0 unspecified atom stereocenters. The molecule has 0 aliphatic carbocycles. The molecule has 0 amide bonds. The summed E-state index contributed by atoms with van der Waals surface area (Å²) in [6.45, 7) is 2.27. The van der Waals surface area contributed by atoms with Crippen molar-refractivity contribution < 1.29 is 9.53 Å². The first-order valence-corrected chi connectivity index (χ1v) is 8.38. The lowest BCUT2D eigenvalue weighted by Gasteiger charge is -2.03. The van der Waals surface area contributed by atoms with Gasteiger partial charge in [-0.2, -0.15) is 0 Å². The van der Waals surface area contributed by atoms with E-state index in [4.69, 9.17) is 0 Å². The zero-order valence-electron chi connectivity index (χ0n) is 13.2. The van der Waals surface area contributed by atoms with Crippen molar-refractivity contribution >= 4 is 5.97 Å². The van der Waals surface area contributed by atoms with Gasteiger partial charge in [0.25, 0.3) is 0 Å². The highest BCUT2D eigenvalue weighted by Crippen LogP contribution is 2.12. The molecule has 0 aromatic rings. The second-order valence-corrected chi connectivity index (χ2v) is 5.57. The van der Waals surface area contributed by atoms with Crippen molar-refractivity contribution in [3.05, 3.63) is 0 Å². The summed E-state index contributed by atoms with van der Waals surface area (Å²) in [7, 11) is 1.46. The Labute approximate surface area is 120 Å². The maximum atomic E-state index is 10.9. The van der Waals surface area contributed by atoms with Crippen LogP contribution in [0.4, 0.5) is 0 Å². The number of carbonyl (C=O) groups excluding carboxylic acids is 1. The van der Waals surface area contributed by atoms with E-state index >= 15 is 0 Å². The number of carbonyl (C=O) groups is 1. The molecule has 0 aromatic carbocycles. The Hall–Kier alpha value is -0.530. The van der Waals surface area contributed by atoms with Gasteiger partial charge in [-0.3, -0.25) is 4.79 Å². The molecular weight excluding hydrogens is 252 g/mol. The summed E-state index contributed by atoms with van der Waals surface area (Å²) in [5, 5.41) is 0. The molecule has 0 aliphatic rings. The van der Waals surface area contributed by atoms with E-state index in [9.17, 15) is 4.79 Å². The molecule has 0 spiro atoms. The largest absolute Gasteiger partial charge is 0.469 e. The van der Waals surface area contributed by atoms with Crippen LogP contribution >= 0.6 is 0 Å². The van der Waals surface area contributed by atoms with Gasteiger partial charge in [-0.05, 0) is 6.42 Å². The lowest BCUT2D eigenvalue weighted by molar-refractivity contribution is -0.140. The first kappa shape index (κ1) is 18.5. The van der Waals surface area contributed by atoms with E-state index in [1.54, 1.807) is 0 Å². The minimum atomic E-state index is -0.0666. The predicted octanol–water partition coefficient (Wildman–Crippen LogP) is 5.64. The summed E-state index contributed by atoms with van der Waals surface area (Å²) in [4.78, 5) is 10.9. The normalized spacial score (nSPS) is 10.6. The third kappa shape index (κ3) is 15.4. The molecule has 2 heteroatoms. The third-order valence-electron chi connectivity index (χ3n) is 3.71. The number of hydrogen-bond donors (Lipinski definition) is 0. The van der Waals surface area contributed by atoms with Crippen LogP contribution in [0.5, 0.6) is 0 Å². The van der Waals surface area contributed by atoms with Gasteiger partial charge < -0.3 is 4.74 Å². The van der Waals surface area contributed by atoms with Crippen LogP contribution < -0.4 is 0 Å². The zero-order chi connectivity index (χ0) is 14.2. The van der Waals surface area contributed by atoms with Crippen LogP contribution in [0.3, 0.4) is 0 Å². The number of methoxy groups -OCH3 is 1. The molecule has 0 atom stereocenters. The van der Waals surface area contributed by atoms with Crippen molar-refractivity contribution in [2.45, 2.75) is 96.8 Å². The highest BCUT2D eigenvalue weighted by Gasteiger charge is 1.99. The van der Waals surface area contributed by atoms with Gasteiger partial charge in [0, 0.05) is 6.42 Å². The molecular formula is C17H34O2. The molecule has 0 bridgehead atoms. The number of rotatable bonds is 14. The van der Waals surface area contributed by atoms with E-state index in [0.717, 1.165) is 6.42 Å². The highest BCUT2D eigenvalue weighted by atomic mass is 16.7. The van der Waals surface area contributed by atoms with Crippen LogP contribution in [0.15, 0.2) is 0 Å². The minimum absolute atomic E-state index is 0.0666. The maximum Gasteiger partial charge on any atom is 0.305 e. The molecule has 0 heterocycles. The summed E-state index contributed by atoms with van der Waals surface area (Å²) in [5.41, 5.74) is 0. The van der Waals surface area contributed by atoms with Crippen molar-refractivity contribution in [3.8, 4) is 0 Å². The van der Waals surface area contributed by atoms with Crippen molar-refractivity contribution in [3.63, 3.8) is 0 Å². The predicted molar refractivity (Wildman–Crippen MR) is 82.3 cm³/mol. The second-order valence-electron chi connectivity index (χ2n) is 5.57. The summed E-state index contributed by atoms with van der Waals surface area (Å²) >= 11 is 0. The summed E-state index contributed by atoms with van der Waals surface area (Å²) in [5.74, 6) is -0.0666. The Morgan fingerprint density at radius 1 is 0.684 bits per heavy atom. The van der Waals surface area contributed by atoms with Crippen LogP contribution in [0, 0.1) is 0 Å². The van der Waals surface area contributed by atoms with Crippen molar-refractivity contribution in [2.24, 2.45) is 0 Å². The van der Waals surface area contributed by atoms with E-state index in [0.29, 0.717) is 6.42 Å².